The van der Waals surface area contributed by atoms with Crippen molar-refractivity contribution in [2.24, 2.45) is 0 Å². The molecule has 0 saturated carbocycles. The molecule has 0 fully saturated rings. The Hall–Kier alpha value is 0.429. The second-order valence-electron chi connectivity index (χ2n) is 3.09. The fourth-order valence-electron chi connectivity index (χ4n) is 0.594. The third-order valence-corrected chi connectivity index (χ3v) is 10.8. The fraction of sp³-hybridized carbons (Fsp3) is 0.500. The Bertz CT molecular complexity index is 175. The van der Waals surface area contributed by atoms with E-state index in [0.717, 1.165) is 0 Å². The first kappa shape index (κ1) is 7.53. The van der Waals surface area contributed by atoms with Crippen LogP contribution in [0, 0.1) is 0 Å². The third-order valence-electron chi connectivity index (χ3n) is 1.07. The van der Waals surface area contributed by atoms with Crippen LogP contribution in [0.3, 0.4) is 0 Å². The van der Waals surface area contributed by atoms with Gasteiger partial charge < -0.3 is 0 Å². The van der Waals surface area contributed by atoms with Gasteiger partial charge in [-0.3, -0.25) is 0 Å². The van der Waals surface area contributed by atoms with E-state index in [-0.39, 0.29) is 0 Å². The first-order chi connectivity index (χ1) is 4.11. The molecular formula is C6H11NSSn. The topological polar surface area (TPSA) is 12.9 Å². The summed E-state index contributed by atoms with van der Waals surface area (Å²) >= 11 is 0.0707. The molecule has 1 aromatic heterocycles. The Morgan fingerprint density at radius 3 is 2.33 bits per heavy atom. The van der Waals surface area contributed by atoms with E-state index in [1.54, 1.807) is 0 Å². The van der Waals surface area contributed by atoms with Gasteiger partial charge in [-0.1, -0.05) is 0 Å². The van der Waals surface area contributed by atoms with Crippen molar-refractivity contribution in [1.29, 1.82) is 0 Å². The van der Waals surface area contributed by atoms with Crippen LogP contribution in [-0.4, -0.2) is 23.4 Å². The summed E-state index contributed by atoms with van der Waals surface area (Å²) in [6, 6.07) is 0. The van der Waals surface area contributed by atoms with Gasteiger partial charge in [-0.2, -0.15) is 0 Å². The van der Waals surface area contributed by atoms with Crippen LogP contribution in [0.5, 0.6) is 0 Å². The van der Waals surface area contributed by atoms with Gasteiger partial charge in [-0.15, -0.1) is 0 Å². The Labute approximate surface area is 64.0 Å². The maximum absolute atomic E-state index is 4.30. The maximum atomic E-state index is 4.30. The molecule has 1 rings (SSSR count). The molecule has 50 valence electrons. The van der Waals surface area contributed by atoms with E-state index in [9.17, 15) is 0 Å². The quantitative estimate of drug-likeness (QED) is 0.689. The van der Waals surface area contributed by atoms with E-state index < -0.39 is 18.4 Å². The number of aromatic nitrogens is 1. The molecule has 1 heterocycles. The van der Waals surface area contributed by atoms with Crippen molar-refractivity contribution in [3.05, 3.63) is 11.6 Å². The number of rotatable bonds is 1. The number of nitrogens with zero attached hydrogens (tertiary/aromatic N) is 1. The van der Waals surface area contributed by atoms with Crippen molar-refractivity contribution in [3.63, 3.8) is 0 Å². The van der Waals surface area contributed by atoms with Gasteiger partial charge in [0.05, 0.1) is 0 Å². The average molecular weight is 248 g/mol. The van der Waals surface area contributed by atoms with Crippen LogP contribution in [0.4, 0.5) is 0 Å². The molecule has 9 heavy (non-hydrogen) atoms. The van der Waals surface area contributed by atoms with Gasteiger partial charge in [0.15, 0.2) is 0 Å². The minimum absolute atomic E-state index is 1.42. The molecule has 0 saturated heterocycles. The second-order valence-corrected chi connectivity index (χ2v) is 19.2. The van der Waals surface area contributed by atoms with Crippen LogP contribution in [0.2, 0.25) is 14.8 Å². The van der Waals surface area contributed by atoms with E-state index in [1.807, 2.05) is 17.5 Å². The van der Waals surface area contributed by atoms with Crippen molar-refractivity contribution in [1.82, 2.24) is 4.98 Å². The van der Waals surface area contributed by atoms with E-state index in [2.05, 4.69) is 25.2 Å². The molecular weight excluding hydrogens is 237 g/mol. The second kappa shape index (κ2) is 2.58. The molecule has 0 aliphatic rings. The van der Waals surface area contributed by atoms with E-state index in [0.29, 0.717) is 0 Å². The van der Waals surface area contributed by atoms with E-state index >= 15 is 0 Å². The molecule has 0 aliphatic heterocycles. The number of thiazole rings is 1. The summed E-state index contributed by atoms with van der Waals surface area (Å²) < 4.78 is 1.42. The first-order valence-electron chi connectivity index (χ1n) is 3.00. The summed E-state index contributed by atoms with van der Waals surface area (Å²) in [5.74, 6) is 0. The summed E-state index contributed by atoms with van der Waals surface area (Å²) in [7, 11) is 0. The van der Waals surface area contributed by atoms with Crippen LogP contribution in [0.1, 0.15) is 0 Å². The van der Waals surface area contributed by atoms with E-state index in [4.69, 9.17) is 0 Å². The van der Waals surface area contributed by atoms with Crippen LogP contribution in [0.25, 0.3) is 0 Å². The molecule has 0 radical (unpaired) electrons. The molecule has 0 amide bonds. The van der Waals surface area contributed by atoms with Gasteiger partial charge in [0.1, 0.15) is 0 Å². The van der Waals surface area contributed by atoms with Gasteiger partial charge in [0.25, 0.3) is 0 Å². The molecule has 0 bridgehead atoms. The molecule has 1 nitrogen and oxygen atoms in total. The number of hydrogen-bond acceptors (Lipinski definition) is 2. The summed E-state index contributed by atoms with van der Waals surface area (Å²) in [5, 5.41) is 2.07. The Balaban J connectivity index is 2.90. The van der Waals surface area contributed by atoms with Gasteiger partial charge in [-0.05, 0) is 0 Å². The zero-order chi connectivity index (χ0) is 6.91. The monoisotopic (exact) mass is 249 g/mol. The molecule has 0 aliphatic carbocycles. The van der Waals surface area contributed by atoms with Crippen molar-refractivity contribution in [3.8, 4) is 0 Å². The zero-order valence-electron chi connectivity index (χ0n) is 6.01. The zero-order valence-corrected chi connectivity index (χ0v) is 9.68. The van der Waals surface area contributed by atoms with Crippen molar-refractivity contribution in [2.75, 3.05) is 0 Å². The van der Waals surface area contributed by atoms with Crippen LogP contribution >= 0.6 is 11.3 Å². The van der Waals surface area contributed by atoms with Crippen LogP contribution < -0.4 is 3.02 Å². The van der Waals surface area contributed by atoms with Crippen molar-refractivity contribution >= 4 is 32.7 Å². The Morgan fingerprint density at radius 2 is 2.11 bits per heavy atom. The number of hydrogen-bond donors (Lipinski definition) is 0. The van der Waals surface area contributed by atoms with Gasteiger partial charge in [0, 0.05) is 0 Å². The predicted molar refractivity (Wildman–Crippen MR) is 45.1 cm³/mol. The summed E-state index contributed by atoms with van der Waals surface area (Å²) in [6.45, 7) is 0. The summed E-state index contributed by atoms with van der Waals surface area (Å²) in [4.78, 5) is 11.4. The Morgan fingerprint density at radius 1 is 1.44 bits per heavy atom. The molecule has 0 spiro atoms. The fourth-order valence-corrected chi connectivity index (χ4v) is 6.25. The van der Waals surface area contributed by atoms with Gasteiger partial charge in [-0.25, -0.2) is 0 Å². The standard InChI is InChI=1S/C3H2NS.3CH3.Sn/c1-2-5-3-4-1;;;;/h1-2H;3*1H3;. The van der Waals surface area contributed by atoms with Gasteiger partial charge in [0.2, 0.25) is 0 Å². The summed E-state index contributed by atoms with van der Waals surface area (Å²) in [5.41, 5.74) is 0. The molecule has 0 aromatic carbocycles. The first-order valence-corrected chi connectivity index (χ1v) is 13.9. The van der Waals surface area contributed by atoms with Crippen LogP contribution in [0.15, 0.2) is 11.6 Å². The third kappa shape index (κ3) is 1.93. The SMILES string of the molecule is [CH3][Sn]([CH3])([CH3])[c]1nccs1. The molecule has 0 unspecified atom stereocenters. The summed E-state index contributed by atoms with van der Waals surface area (Å²) in [6.07, 6.45) is 1.90. The average Bonchev–Trinajstić information content (AvgIpc) is 2.08. The molecule has 0 atom stereocenters. The predicted octanol–water partition coefficient (Wildman–Crippen LogP) is 1.69. The van der Waals surface area contributed by atoms with E-state index in [1.165, 1.54) is 3.02 Å². The van der Waals surface area contributed by atoms with Crippen LogP contribution in [-0.2, 0) is 0 Å². The van der Waals surface area contributed by atoms with Crippen molar-refractivity contribution in [2.45, 2.75) is 14.8 Å². The van der Waals surface area contributed by atoms with Crippen molar-refractivity contribution < 1.29 is 0 Å². The minimum atomic E-state index is -1.74. The molecule has 1 aromatic rings. The molecule has 3 heteroatoms. The normalized spacial score (nSPS) is 11.9. The molecule has 0 N–H and O–H groups in total. The Kier molecular flexibility index (Phi) is 2.16. The van der Waals surface area contributed by atoms with Gasteiger partial charge >= 0.3 is 64.1 Å².